The van der Waals surface area contributed by atoms with E-state index in [-0.39, 0.29) is 5.75 Å². The second-order valence-corrected chi connectivity index (χ2v) is 5.59. The summed E-state index contributed by atoms with van der Waals surface area (Å²) in [6.07, 6.45) is 0. The van der Waals surface area contributed by atoms with E-state index in [1.165, 1.54) is 0 Å². The Morgan fingerprint density at radius 3 is 2.00 bits per heavy atom. The molecule has 116 valence electrons. The first kappa shape index (κ1) is 15.3. The van der Waals surface area contributed by atoms with Gasteiger partial charge in [0.2, 0.25) is 0 Å². The lowest BCUT2D eigenvalue weighted by atomic mass is 10.0. The molecule has 0 bridgehead atoms. The molecule has 5 heteroatoms. The summed E-state index contributed by atoms with van der Waals surface area (Å²) in [5.74, 6) is 1.12. The van der Waals surface area contributed by atoms with Crippen molar-refractivity contribution >= 4 is 8.60 Å². The molecule has 0 amide bonds. The van der Waals surface area contributed by atoms with Crippen LogP contribution in [-0.4, -0.2) is 10.00 Å². The Morgan fingerprint density at radius 2 is 1.26 bits per heavy atom. The maximum Gasteiger partial charge on any atom is 0.460 e. The first-order valence-electron chi connectivity index (χ1n) is 7.01. The summed E-state index contributed by atoms with van der Waals surface area (Å²) in [5, 5.41) is 10.0. The summed E-state index contributed by atoms with van der Waals surface area (Å²) in [7, 11) is -2.13. The minimum atomic E-state index is -2.13. The molecule has 0 saturated heterocycles. The van der Waals surface area contributed by atoms with Gasteiger partial charge in [-0.25, -0.2) is 0 Å². The van der Waals surface area contributed by atoms with Gasteiger partial charge < -0.3 is 19.0 Å². The van der Waals surface area contributed by atoms with E-state index in [2.05, 4.69) is 0 Å². The van der Waals surface area contributed by atoms with E-state index in [1.807, 2.05) is 36.4 Å². The number of hydrogen-bond acceptors (Lipinski definition) is 4. The van der Waals surface area contributed by atoms with Gasteiger partial charge in [0.25, 0.3) is 0 Å². The number of phenolic OH excluding ortho intramolecular Hbond substituents is 1. The highest BCUT2D eigenvalue weighted by Crippen LogP contribution is 2.42. The standard InChI is InChI=1S/C18H15O4P/c19-17-12-6-4-10-15(17)16-11-5-7-13-18(16)22-23(20)21-14-8-2-1-3-9-14/h1-13,19-20H. The van der Waals surface area contributed by atoms with E-state index in [1.54, 1.807) is 42.5 Å². The molecule has 0 saturated carbocycles. The topological polar surface area (TPSA) is 58.9 Å². The van der Waals surface area contributed by atoms with Crippen LogP contribution in [0.1, 0.15) is 0 Å². The van der Waals surface area contributed by atoms with Gasteiger partial charge in [-0.1, -0.05) is 54.6 Å². The molecule has 4 nitrogen and oxygen atoms in total. The van der Waals surface area contributed by atoms with Crippen LogP contribution in [0.25, 0.3) is 11.1 Å². The highest BCUT2D eigenvalue weighted by molar-refractivity contribution is 7.41. The quantitative estimate of drug-likeness (QED) is 0.665. The van der Waals surface area contributed by atoms with Crippen LogP contribution in [0.2, 0.25) is 0 Å². The summed E-state index contributed by atoms with van der Waals surface area (Å²) >= 11 is 0. The summed E-state index contributed by atoms with van der Waals surface area (Å²) < 4.78 is 10.9. The van der Waals surface area contributed by atoms with E-state index in [9.17, 15) is 10.00 Å². The second-order valence-electron chi connectivity index (χ2n) is 4.75. The first-order chi connectivity index (χ1) is 11.2. The zero-order chi connectivity index (χ0) is 16.1. The molecule has 0 aliphatic heterocycles. The van der Waals surface area contributed by atoms with Gasteiger partial charge >= 0.3 is 8.60 Å². The molecule has 1 unspecified atom stereocenters. The highest BCUT2D eigenvalue weighted by Gasteiger charge is 2.16. The van der Waals surface area contributed by atoms with Gasteiger partial charge in [-0.3, -0.25) is 0 Å². The summed E-state index contributed by atoms with van der Waals surface area (Å²) in [6.45, 7) is 0. The predicted molar refractivity (Wildman–Crippen MR) is 90.4 cm³/mol. The molecule has 3 aromatic carbocycles. The molecule has 3 aromatic rings. The SMILES string of the molecule is Oc1ccccc1-c1ccccc1OP(O)Oc1ccccc1. The molecule has 0 aliphatic carbocycles. The van der Waals surface area contributed by atoms with Gasteiger partial charge in [-0.2, -0.15) is 0 Å². The van der Waals surface area contributed by atoms with Crippen LogP contribution >= 0.6 is 8.60 Å². The smallest absolute Gasteiger partial charge is 0.460 e. The lowest BCUT2D eigenvalue weighted by Crippen LogP contribution is -1.96. The predicted octanol–water partition coefficient (Wildman–Crippen LogP) is 4.74. The molecule has 0 aromatic heterocycles. The van der Waals surface area contributed by atoms with Crippen LogP contribution < -0.4 is 9.05 Å². The Hall–Kier alpha value is -2.55. The summed E-state index contributed by atoms with van der Waals surface area (Å²) in [4.78, 5) is 10.1. The molecular weight excluding hydrogens is 311 g/mol. The van der Waals surface area contributed by atoms with Crippen molar-refractivity contribution in [1.29, 1.82) is 0 Å². The molecule has 3 rings (SSSR count). The fraction of sp³-hybridized carbons (Fsp3) is 0. The van der Waals surface area contributed by atoms with Gasteiger partial charge in [0.1, 0.15) is 17.2 Å². The van der Waals surface area contributed by atoms with Crippen molar-refractivity contribution in [2.24, 2.45) is 0 Å². The van der Waals surface area contributed by atoms with Crippen molar-refractivity contribution in [2.75, 3.05) is 0 Å². The number of benzene rings is 3. The molecule has 0 radical (unpaired) electrons. The largest absolute Gasteiger partial charge is 0.507 e. The minimum Gasteiger partial charge on any atom is -0.507 e. The normalized spacial score (nSPS) is 11.7. The molecule has 0 heterocycles. The van der Waals surface area contributed by atoms with E-state index in [0.717, 1.165) is 0 Å². The zero-order valence-electron chi connectivity index (χ0n) is 12.2. The van der Waals surface area contributed by atoms with Gasteiger partial charge in [0.15, 0.2) is 0 Å². The van der Waals surface area contributed by atoms with Crippen molar-refractivity contribution in [3.8, 4) is 28.4 Å². The van der Waals surface area contributed by atoms with Crippen LogP contribution in [0.3, 0.4) is 0 Å². The van der Waals surface area contributed by atoms with Gasteiger partial charge in [-0.05, 0) is 24.3 Å². The summed E-state index contributed by atoms with van der Waals surface area (Å²) in [5.41, 5.74) is 1.31. The highest BCUT2D eigenvalue weighted by atomic mass is 31.2. The third kappa shape index (κ3) is 3.81. The van der Waals surface area contributed by atoms with Gasteiger partial charge in [0, 0.05) is 11.1 Å². The average Bonchev–Trinajstić information content (AvgIpc) is 2.57. The third-order valence-corrected chi connectivity index (χ3v) is 3.90. The van der Waals surface area contributed by atoms with Gasteiger partial charge in [0.05, 0.1) is 0 Å². The third-order valence-electron chi connectivity index (χ3n) is 3.18. The number of rotatable bonds is 5. The Bertz CT molecular complexity index is 777. The fourth-order valence-electron chi connectivity index (χ4n) is 2.14. The Morgan fingerprint density at radius 1 is 0.652 bits per heavy atom. The van der Waals surface area contributed by atoms with Crippen LogP contribution in [0.15, 0.2) is 78.9 Å². The van der Waals surface area contributed by atoms with Crippen LogP contribution in [0.4, 0.5) is 0 Å². The first-order valence-corrected chi connectivity index (χ1v) is 8.14. The monoisotopic (exact) mass is 326 g/mol. The molecule has 1 atom stereocenters. The number of para-hydroxylation sites is 3. The van der Waals surface area contributed by atoms with E-state index in [0.29, 0.717) is 22.6 Å². The van der Waals surface area contributed by atoms with Gasteiger partial charge in [-0.15, -0.1) is 0 Å². The maximum absolute atomic E-state index is 10.1. The van der Waals surface area contributed by atoms with Crippen LogP contribution in [0, 0.1) is 0 Å². The Balaban J connectivity index is 1.82. The summed E-state index contributed by atoms with van der Waals surface area (Å²) in [6, 6.07) is 23.1. The van der Waals surface area contributed by atoms with Crippen molar-refractivity contribution in [3.05, 3.63) is 78.9 Å². The second kappa shape index (κ2) is 7.14. The maximum atomic E-state index is 10.1. The van der Waals surface area contributed by atoms with E-state index < -0.39 is 8.60 Å². The zero-order valence-corrected chi connectivity index (χ0v) is 13.1. The van der Waals surface area contributed by atoms with E-state index >= 15 is 0 Å². The lowest BCUT2D eigenvalue weighted by Gasteiger charge is -2.15. The molecule has 0 aliphatic rings. The number of aromatic hydroxyl groups is 1. The van der Waals surface area contributed by atoms with Crippen LogP contribution in [-0.2, 0) is 0 Å². The number of hydrogen-bond donors (Lipinski definition) is 2. The number of phenols is 1. The Labute approximate surface area is 135 Å². The molecule has 0 spiro atoms. The minimum absolute atomic E-state index is 0.148. The van der Waals surface area contributed by atoms with Crippen molar-refractivity contribution in [1.82, 2.24) is 0 Å². The van der Waals surface area contributed by atoms with Crippen molar-refractivity contribution in [2.45, 2.75) is 0 Å². The fourth-order valence-corrected chi connectivity index (χ4v) is 2.81. The van der Waals surface area contributed by atoms with E-state index in [4.69, 9.17) is 9.05 Å². The molecule has 23 heavy (non-hydrogen) atoms. The molecule has 2 N–H and O–H groups in total. The van der Waals surface area contributed by atoms with Crippen LogP contribution in [0.5, 0.6) is 17.2 Å². The average molecular weight is 326 g/mol. The molecule has 0 fully saturated rings. The molecular formula is C18H15O4P. The lowest BCUT2D eigenvalue weighted by molar-refractivity contribution is 0.382. The van der Waals surface area contributed by atoms with Crippen molar-refractivity contribution in [3.63, 3.8) is 0 Å². The Kier molecular flexibility index (Phi) is 4.77. The van der Waals surface area contributed by atoms with Crippen molar-refractivity contribution < 1.29 is 19.0 Å².